The molecule has 80 valence electrons. The third-order valence-corrected chi connectivity index (χ3v) is 2.33. The lowest BCUT2D eigenvalue weighted by Crippen LogP contribution is -2.22. The van der Waals surface area contributed by atoms with Gasteiger partial charge in [-0.25, -0.2) is 0 Å². The molecule has 0 spiro atoms. The standard InChI is InChI=1S/C10H12NO3P/c1-8(12)14-15-7-11-10(13)9-5-3-2-4-6-9/h2-6,15H,7H2,1H3,(H,11,13). The Kier molecular flexibility index (Phi) is 4.78. The highest BCUT2D eigenvalue weighted by Crippen LogP contribution is 2.09. The summed E-state index contributed by atoms with van der Waals surface area (Å²) in [6, 6.07) is 8.89. The zero-order valence-corrected chi connectivity index (χ0v) is 9.32. The predicted molar refractivity (Wildman–Crippen MR) is 58.9 cm³/mol. The predicted octanol–water partition coefficient (Wildman–Crippen LogP) is 1.53. The van der Waals surface area contributed by atoms with Crippen LogP contribution in [0.25, 0.3) is 0 Å². The van der Waals surface area contributed by atoms with E-state index in [9.17, 15) is 9.59 Å². The average Bonchev–Trinajstić information content (AvgIpc) is 2.25. The molecule has 0 aliphatic carbocycles. The molecule has 0 aliphatic heterocycles. The Morgan fingerprint density at radius 2 is 2.00 bits per heavy atom. The number of nitrogens with one attached hydrogen (secondary N) is 1. The Bertz CT molecular complexity index is 340. The second-order valence-corrected chi connectivity index (χ2v) is 3.63. The van der Waals surface area contributed by atoms with Gasteiger partial charge in [-0.2, -0.15) is 0 Å². The first kappa shape index (κ1) is 11.7. The lowest BCUT2D eigenvalue weighted by molar-refractivity contribution is -0.130. The van der Waals surface area contributed by atoms with Crippen LogP contribution < -0.4 is 5.32 Å². The Morgan fingerprint density at radius 3 is 2.60 bits per heavy atom. The fraction of sp³-hybridized carbons (Fsp3) is 0.200. The molecule has 5 heteroatoms. The van der Waals surface area contributed by atoms with Crippen LogP contribution in [-0.2, 0) is 9.32 Å². The van der Waals surface area contributed by atoms with Gasteiger partial charge in [-0.15, -0.1) is 0 Å². The number of rotatable bonds is 4. The second-order valence-electron chi connectivity index (χ2n) is 2.79. The van der Waals surface area contributed by atoms with Gasteiger partial charge in [0.15, 0.2) is 0 Å². The van der Waals surface area contributed by atoms with E-state index in [0.29, 0.717) is 11.8 Å². The Morgan fingerprint density at radius 1 is 1.33 bits per heavy atom. The fourth-order valence-electron chi connectivity index (χ4n) is 0.946. The SMILES string of the molecule is CC(=O)OPCNC(=O)c1ccccc1. The molecular weight excluding hydrogens is 213 g/mol. The molecule has 4 nitrogen and oxygen atoms in total. The number of carbonyl (C=O) groups excluding carboxylic acids is 2. The molecule has 0 radical (unpaired) electrons. The lowest BCUT2D eigenvalue weighted by Gasteiger charge is -2.04. The van der Waals surface area contributed by atoms with Crippen LogP contribution in [0.4, 0.5) is 0 Å². The first-order valence-electron chi connectivity index (χ1n) is 4.43. The van der Waals surface area contributed by atoms with E-state index in [0.717, 1.165) is 0 Å². The van der Waals surface area contributed by atoms with Crippen LogP contribution in [0.1, 0.15) is 17.3 Å². The summed E-state index contributed by atoms with van der Waals surface area (Å²) in [5.41, 5.74) is 0.602. The highest BCUT2D eigenvalue weighted by Gasteiger charge is 2.03. The summed E-state index contributed by atoms with van der Waals surface area (Å²) in [6.07, 6.45) is 0.354. The van der Waals surface area contributed by atoms with Crippen LogP contribution in [0, 0.1) is 0 Å². The molecule has 1 unspecified atom stereocenters. The summed E-state index contributed by atoms with van der Waals surface area (Å²) in [5, 5.41) is 2.65. The van der Waals surface area contributed by atoms with Crippen molar-refractivity contribution < 1.29 is 14.1 Å². The number of hydrogen-bond donors (Lipinski definition) is 1. The highest BCUT2D eigenvalue weighted by molar-refractivity contribution is 7.32. The van der Waals surface area contributed by atoms with Gasteiger partial charge in [0.1, 0.15) is 0 Å². The van der Waals surface area contributed by atoms with Crippen molar-refractivity contribution in [2.75, 3.05) is 6.29 Å². The molecule has 0 aromatic heterocycles. The van der Waals surface area contributed by atoms with Gasteiger partial charge in [0.2, 0.25) is 0 Å². The van der Waals surface area contributed by atoms with E-state index in [4.69, 9.17) is 4.52 Å². The van der Waals surface area contributed by atoms with Gasteiger partial charge in [-0.3, -0.25) is 9.59 Å². The van der Waals surface area contributed by atoms with Crippen molar-refractivity contribution >= 4 is 20.7 Å². The van der Waals surface area contributed by atoms with Crippen molar-refractivity contribution in [3.63, 3.8) is 0 Å². The van der Waals surface area contributed by atoms with Gasteiger partial charge in [-0.05, 0) is 12.1 Å². The molecule has 1 atom stereocenters. The van der Waals surface area contributed by atoms with E-state index in [1.807, 2.05) is 6.07 Å². The molecule has 1 aromatic rings. The van der Waals surface area contributed by atoms with Gasteiger partial charge in [0.05, 0.1) is 15.1 Å². The van der Waals surface area contributed by atoms with Crippen LogP contribution in [0.15, 0.2) is 30.3 Å². The van der Waals surface area contributed by atoms with Crippen molar-refractivity contribution in [3.8, 4) is 0 Å². The topological polar surface area (TPSA) is 55.4 Å². The van der Waals surface area contributed by atoms with Gasteiger partial charge < -0.3 is 9.84 Å². The maximum absolute atomic E-state index is 11.4. The van der Waals surface area contributed by atoms with Crippen molar-refractivity contribution in [1.82, 2.24) is 5.32 Å². The molecular formula is C10H12NO3P. The van der Waals surface area contributed by atoms with Crippen molar-refractivity contribution in [2.45, 2.75) is 6.92 Å². The highest BCUT2D eigenvalue weighted by atomic mass is 31.1. The van der Waals surface area contributed by atoms with Crippen LogP contribution in [0.5, 0.6) is 0 Å². The summed E-state index contributed by atoms with van der Waals surface area (Å²) in [6.45, 7) is 1.34. The maximum Gasteiger partial charge on any atom is 0.305 e. The van der Waals surface area contributed by atoms with Gasteiger partial charge in [0, 0.05) is 12.5 Å². The van der Waals surface area contributed by atoms with Gasteiger partial charge in [0.25, 0.3) is 5.91 Å². The number of benzene rings is 1. The molecule has 0 heterocycles. The Labute approximate surface area is 89.9 Å². The average molecular weight is 225 g/mol. The third kappa shape index (κ3) is 4.56. The first-order valence-corrected chi connectivity index (χ1v) is 5.55. The zero-order valence-electron chi connectivity index (χ0n) is 8.32. The van der Waals surface area contributed by atoms with E-state index in [1.165, 1.54) is 6.92 Å². The molecule has 0 fully saturated rings. The molecule has 1 aromatic carbocycles. The van der Waals surface area contributed by atoms with Crippen LogP contribution >= 0.6 is 8.81 Å². The van der Waals surface area contributed by atoms with Gasteiger partial charge in [-0.1, -0.05) is 18.2 Å². The Balaban J connectivity index is 2.28. The molecule has 1 N–H and O–H groups in total. The molecule has 15 heavy (non-hydrogen) atoms. The van der Waals surface area contributed by atoms with Gasteiger partial charge >= 0.3 is 5.97 Å². The van der Waals surface area contributed by atoms with E-state index < -0.39 is 0 Å². The minimum absolute atomic E-state index is 0.0312. The maximum atomic E-state index is 11.4. The summed E-state index contributed by atoms with van der Waals surface area (Å²) in [5.74, 6) is -0.488. The summed E-state index contributed by atoms with van der Waals surface area (Å²) < 4.78 is 4.70. The van der Waals surface area contributed by atoms with E-state index in [2.05, 4.69) is 5.32 Å². The van der Waals surface area contributed by atoms with E-state index in [-0.39, 0.29) is 20.7 Å². The number of hydrogen-bond acceptors (Lipinski definition) is 3. The zero-order chi connectivity index (χ0) is 11.1. The fourth-order valence-corrected chi connectivity index (χ4v) is 1.45. The molecule has 0 saturated heterocycles. The number of amides is 1. The first-order chi connectivity index (χ1) is 7.20. The summed E-state index contributed by atoms with van der Waals surface area (Å²) in [4.78, 5) is 21.9. The molecule has 0 aliphatic rings. The summed E-state index contributed by atoms with van der Waals surface area (Å²) in [7, 11) is -0.0312. The minimum atomic E-state index is -0.331. The molecule has 1 amide bonds. The number of carbonyl (C=O) groups is 2. The normalized spacial score (nSPS) is 10.2. The van der Waals surface area contributed by atoms with E-state index >= 15 is 0 Å². The largest absolute Gasteiger partial charge is 0.447 e. The van der Waals surface area contributed by atoms with Crippen LogP contribution in [0.2, 0.25) is 0 Å². The third-order valence-electron chi connectivity index (χ3n) is 1.57. The smallest absolute Gasteiger partial charge is 0.305 e. The van der Waals surface area contributed by atoms with Crippen LogP contribution in [-0.4, -0.2) is 18.2 Å². The minimum Gasteiger partial charge on any atom is -0.447 e. The lowest BCUT2D eigenvalue weighted by atomic mass is 10.2. The van der Waals surface area contributed by atoms with Crippen molar-refractivity contribution in [1.29, 1.82) is 0 Å². The van der Waals surface area contributed by atoms with Crippen molar-refractivity contribution in [3.05, 3.63) is 35.9 Å². The quantitative estimate of drug-likeness (QED) is 0.624. The van der Waals surface area contributed by atoms with Crippen molar-refractivity contribution in [2.24, 2.45) is 0 Å². The Hall–Kier alpha value is -1.41. The molecule has 0 bridgehead atoms. The second kappa shape index (κ2) is 6.14. The molecule has 1 rings (SSSR count). The monoisotopic (exact) mass is 225 g/mol. The molecule has 0 saturated carbocycles. The van der Waals surface area contributed by atoms with E-state index in [1.54, 1.807) is 24.3 Å². The van der Waals surface area contributed by atoms with Crippen LogP contribution in [0.3, 0.4) is 0 Å². The summed E-state index contributed by atoms with van der Waals surface area (Å²) >= 11 is 0.